The maximum Gasteiger partial charge on any atom is 0.407 e. The lowest BCUT2D eigenvalue weighted by atomic mass is 9.98. The molecule has 1 aliphatic heterocycles. The number of fused-ring (bicyclic) bond motifs is 3. The number of hydrogen-bond acceptors (Lipinski definition) is 5. The van der Waals surface area contributed by atoms with Crippen molar-refractivity contribution < 1.29 is 29.0 Å². The third kappa shape index (κ3) is 4.73. The highest BCUT2D eigenvalue weighted by molar-refractivity contribution is 5.93. The maximum absolute atomic E-state index is 12.7. The third-order valence-electron chi connectivity index (χ3n) is 6.21. The van der Waals surface area contributed by atoms with Crippen LogP contribution in [-0.2, 0) is 19.1 Å². The van der Waals surface area contributed by atoms with Crippen molar-refractivity contribution in [3.05, 3.63) is 59.7 Å². The summed E-state index contributed by atoms with van der Waals surface area (Å²) in [4.78, 5) is 48.2. The molecule has 9 nitrogen and oxygen atoms in total. The topological polar surface area (TPSA) is 125 Å². The molecule has 34 heavy (non-hydrogen) atoms. The van der Waals surface area contributed by atoms with Gasteiger partial charge >= 0.3 is 12.1 Å². The van der Waals surface area contributed by atoms with Gasteiger partial charge in [0.25, 0.3) is 0 Å². The number of nitrogens with one attached hydrogen (secondary N) is 2. The molecule has 0 spiro atoms. The molecule has 1 heterocycles. The molecule has 178 valence electrons. The second-order valence-electron chi connectivity index (χ2n) is 8.52. The SMILES string of the molecule is CCCC(CC(=O)N1NC(=O)CC1C(=O)O)NC(=O)OCC1c2ccccc2-c2ccccc21. The van der Waals surface area contributed by atoms with E-state index in [9.17, 15) is 24.3 Å². The van der Waals surface area contributed by atoms with Crippen LogP contribution in [0, 0.1) is 0 Å². The van der Waals surface area contributed by atoms with Gasteiger partial charge in [0, 0.05) is 18.4 Å². The molecule has 2 aromatic carbocycles. The van der Waals surface area contributed by atoms with Crippen molar-refractivity contribution in [1.29, 1.82) is 0 Å². The number of ether oxygens (including phenoxy) is 1. The number of hydrogen-bond donors (Lipinski definition) is 3. The molecule has 1 saturated heterocycles. The number of carboxylic acids is 1. The molecule has 3 amide bonds. The van der Waals surface area contributed by atoms with Crippen LogP contribution in [-0.4, -0.2) is 52.7 Å². The van der Waals surface area contributed by atoms with E-state index < -0.39 is 36.0 Å². The Morgan fingerprint density at radius 3 is 2.32 bits per heavy atom. The zero-order valence-corrected chi connectivity index (χ0v) is 18.8. The van der Waals surface area contributed by atoms with Gasteiger partial charge in [-0.25, -0.2) is 14.6 Å². The van der Waals surface area contributed by atoms with Gasteiger partial charge in [-0.15, -0.1) is 0 Å². The van der Waals surface area contributed by atoms with Crippen LogP contribution in [0.2, 0.25) is 0 Å². The smallest absolute Gasteiger partial charge is 0.407 e. The number of nitrogens with zero attached hydrogens (tertiary/aromatic N) is 1. The minimum absolute atomic E-state index is 0.0828. The van der Waals surface area contributed by atoms with Crippen molar-refractivity contribution in [2.45, 2.75) is 50.6 Å². The fourth-order valence-corrected chi connectivity index (χ4v) is 4.65. The molecule has 9 heteroatoms. The van der Waals surface area contributed by atoms with Crippen molar-refractivity contribution >= 4 is 23.9 Å². The standard InChI is InChI=1S/C25H27N3O6/c1-2-7-15(12-23(30)28-21(24(31)32)13-22(29)27-28)26-25(33)34-14-20-18-10-5-3-8-16(18)17-9-4-6-11-19(17)20/h3-6,8-11,15,20-21H,2,7,12-14H2,1H3,(H,26,33)(H,27,29)(H,31,32). The lowest BCUT2D eigenvalue weighted by Gasteiger charge is -2.24. The highest BCUT2D eigenvalue weighted by atomic mass is 16.5. The summed E-state index contributed by atoms with van der Waals surface area (Å²) >= 11 is 0. The summed E-state index contributed by atoms with van der Waals surface area (Å²) in [6.07, 6.45) is 0.0982. The van der Waals surface area contributed by atoms with Crippen LogP contribution in [0.15, 0.2) is 48.5 Å². The minimum atomic E-state index is -1.26. The second kappa shape index (κ2) is 9.94. The Morgan fingerprint density at radius 1 is 1.12 bits per heavy atom. The Hall–Kier alpha value is -3.88. The second-order valence-corrected chi connectivity index (χ2v) is 8.52. The number of alkyl carbamates (subject to hydrolysis) is 1. The van der Waals surface area contributed by atoms with Crippen LogP contribution in [0.3, 0.4) is 0 Å². The molecule has 0 aromatic heterocycles. The third-order valence-corrected chi connectivity index (χ3v) is 6.21. The van der Waals surface area contributed by atoms with Gasteiger partial charge in [-0.3, -0.25) is 15.0 Å². The fourth-order valence-electron chi connectivity index (χ4n) is 4.65. The lowest BCUT2D eigenvalue weighted by Crippen LogP contribution is -2.49. The predicted molar refractivity (Wildman–Crippen MR) is 123 cm³/mol. The molecule has 2 aliphatic rings. The van der Waals surface area contributed by atoms with E-state index in [1.165, 1.54) is 0 Å². The molecule has 0 bridgehead atoms. The van der Waals surface area contributed by atoms with E-state index in [1.54, 1.807) is 0 Å². The van der Waals surface area contributed by atoms with Crippen LogP contribution in [0.5, 0.6) is 0 Å². The van der Waals surface area contributed by atoms with E-state index >= 15 is 0 Å². The maximum atomic E-state index is 12.7. The van der Waals surface area contributed by atoms with Crippen molar-refractivity contribution in [2.24, 2.45) is 0 Å². The normalized spacial score (nSPS) is 17.5. The molecule has 2 atom stereocenters. The van der Waals surface area contributed by atoms with Gasteiger partial charge in [0.05, 0.1) is 6.42 Å². The first-order valence-electron chi connectivity index (χ1n) is 11.3. The molecular formula is C25H27N3O6. The summed E-state index contributed by atoms with van der Waals surface area (Å²) < 4.78 is 5.56. The molecule has 2 aromatic rings. The summed E-state index contributed by atoms with van der Waals surface area (Å²) in [5, 5.41) is 12.8. The summed E-state index contributed by atoms with van der Waals surface area (Å²) in [6.45, 7) is 2.06. The van der Waals surface area contributed by atoms with Gasteiger partial charge < -0.3 is 15.2 Å². The first-order chi connectivity index (χ1) is 16.4. The van der Waals surface area contributed by atoms with E-state index in [0.717, 1.165) is 27.3 Å². The minimum Gasteiger partial charge on any atom is -0.480 e. The molecule has 2 unspecified atom stereocenters. The van der Waals surface area contributed by atoms with E-state index in [4.69, 9.17) is 4.74 Å². The molecule has 4 rings (SSSR count). The Balaban J connectivity index is 1.38. The predicted octanol–water partition coefficient (Wildman–Crippen LogP) is 2.80. The van der Waals surface area contributed by atoms with Crippen molar-refractivity contribution in [2.75, 3.05) is 6.61 Å². The first kappa shape index (κ1) is 23.3. The van der Waals surface area contributed by atoms with Gasteiger partial charge in [-0.2, -0.15) is 0 Å². The van der Waals surface area contributed by atoms with E-state index in [-0.39, 0.29) is 25.4 Å². The van der Waals surface area contributed by atoms with E-state index in [2.05, 4.69) is 22.9 Å². The van der Waals surface area contributed by atoms with Crippen LogP contribution >= 0.6 is 0 Å². The van der Waals surface area contributed by atoms with Gasteiger partial charge in [0.1, 0.15) is 6.61 Å². The van der Waals surface area contributed by atoms with Crippen LogP contribution in [0.4, 0.5) is 4.79 Å². The number of carbonyl (C=O) groups is 4. The van der Waals surface area contributed by atoms with Gasteiger partial charge in [-0.05, 0) is 28.7 Å². The number of benzene rings is 2. The molecule has 0 saturated carbocycles. The number of amides is 3. The van der Waals surface area contributed by atoms with Crippen molar-refractivity contribution in [3.8, 4) is 11.1 Å². The summed E-state index contributed by atoms with van der Waals surface area (Å²) in [6, 6.07) is 14.2. The van der Waals surface area contributed by atoms with Gasteiger partial charge in [0.15, 0.2) is 6.04 Å². The zero-order chi connectivity index (χ0) is 24.2. The van der Waals surface area contributed by atoms with Crippen LogP contribution in [0.1, 0.15) is 49.7 Å². The van der Waals surface area contributed by atoms with E-state index in [1.807, 2.05) is 43.3 Å². The van der Waals surface area contributed by atoms with E-state index in [0.29, 0.717) is 12.8 Å². The summed E-state index contributed by atoms with van der Waals surface area (Å²) in [7, 11) is 0. The number of aliphatic carboxylic acids is 1. The van der Waals surface area contributed by atoms with Crippen molar-refractivity contribution in [1.82, 2.24) is 15.8 Å². The molecule has 1 aliphatic carbocycles. The average Bonchev–Trinajstić information content (AvgIpc) is 3.36. The van der Waals surface area contributed by atoms with Crippen LogP contribution < -0.4 is 10.7 Å². The van der Waals surface area contributed by atoms with Gasteiger partial charge in [0.2, 0.25) is 11.8 Å². The molecule has 0 radical (unpaired) electrons. The molecule has 3 N–H and O–H groups in total. The average molecular weight is 466 g/mol. The Labute approximate surface area is 197 Å². The number of carboxylic acid groups (broad SMARTS) is 1. The first-order valence-corrected chi connectivity index (χ1v) is 11.3. The summed E-state index contributed by atoms with van der Waals surface area (Å²) in [5.41, 5.74) is 6.74. The molecule has 1 fully saturated rings. The highest BCUT2D eigenvalue weighted by Gasteiger charge is 2.39. The lowest BCUT2D eigenvalue weighted by molar-refractivity contribution is -0.150. The number of rotatable bonds is 8. The van der Waals surface area contributed by atoms with Crippen LogP contribution in [0.25, 0.3) is 11.1 Å². The summed E-state index contributed by atoms with van der Waals surface area (Å²) in [5.74, 6) is -2.45. The largest absolute Gasteiger partial charge is 0.480 e. The quantitative estimate of drug-likeness (QED) is 0.551. The Kier molecular flexibility index (Phi) is 6.81. The fraction of sp³-hybridized carbons (Fsp3) is 0.360. The monoisotopic (exact) mass is 465 g/mol. The Morgan fingerprint density at radius 2 is 1.74 bits per heavy atom. The Bertz CT molecular complexity index is 1070. The number of carbonyl (C=O) groups excluding carboxylic acids is 3. The highest BCUT2D eigenvalue weighted by Crippen LogP contribution is 2.44. The van der Waals surface area contributed by atoms with Crippen molar-refractivity contribution in [3.63, 3.8) is 0 Å². The van der Waals surface area contributed by atoms with Gasteiger partial charge in [-0.1, -0.05) is 61.9 Å². The molecular weight excluding hydrogens is 438 g/mol. The zero-order valence-electron chi connectivity index (χ0n) is 18.8. The number of hydrazine groups is 1.